The van der Waals surface area contributed by atoms with Crippen molar-refractivity contribution in [2.75, 3.05) is 0 Å². The van der Waals surface area contributed by atoms with Crippen LogP contribution < -0.4 is 0 Å². The number of hydrogen-bond donors (Lipinski definition) is 0. The Morgan fingerprint density at radius 3 is 1.05 bits per heavy atom. The summed E-state index contributed by atoms with van der Waals surface area (Å²) in [6, 6.07) is 0. The van der Waals surface area contributed by atoms with Gasteiger partial charge in [0.05, 0.1) is 0 Å². The standard InChI is InChI=1S/C17H36P2/c1-12(2)18(13(3)4)16-10-9-11-17(16)19(14(5)6)15(7)8/h12-17H,9-11H2,1-8H3. The largest absolute Gasteiger partial charge is 0.0976 e. The fourth-order valence-electron chi connectivity index (χ4n) is 4.34. The van der Waals surface area contributed by atoms with Crippen LogP contribution in [0, 0.1) is 0 Å². The quantitative estimate of drug-likeness (QED) is 0.491. The van der Waals surface area contributed by atoms with Crippen molar-refractivity contribution in [1.29, 1.82) is 0 Å². The average Bonchev–Trinajstić information content (AvgIpc) is 2.64. The Labute approximate surface area is 125 Å². The molecule has 0 N–H and O–H groups in total. The van der Waals surface area contributed by atoms with Crippen molar-refractivity contribution >= 4 is 15.8 Å². The maximum absolute atomic E-state index is 2.48. The molecule has 2 atom stereocenters. The Bertz CT molecular complexity index is 216. The van der Waals surface area contributed by atoms with Crippen LogP contribution in [0.2, 0.25) is 0 Å². The fourth-order valence-corrected chi connectivity index (χ4v) is 12.8. The van der Waals surface area contributed by atoms with Crippen LogP contribution in [-0.4, -0.2) is 34.0 Å². The van der Waals surface area contributed by atoms with E-state index in [4.69, 9.17) is 0 Å². The third-order valence-corrected chi connectivity index (χ3v) is 12.4. The second-order valence-electron chi connectivity index (χ2n) is 7.34. The summed E-state index contributed by atoms with van der Waals surface area (Å²) in [4.78, 5) is 0. The lowest BCUT2D eigenvalue weighted by atomic mass is 10.3. The monoisotopic (exact) mass is 302 g/mol. The van der Waals surface area contributed by atoms with Crippen LogP contribution in [-0.2, 0) is 0 Å². The molecule has 1 aliphatic rings. The molecule has 19 heavy (non-hydrogen) atoms. The Hall–Kier alpha value is 0.860. The van der Waals surface area contributed by atoms with E-state index in [1.807, 2.05) is 0 Å². The molecule has 0 aromatic carbocycles. The van der Waals surface area contributed by atoms with E-state index >= 15 is 0 Å². The highest BCUT2D eigenvalue weighted by Gasteiger charge is 2.41. The summed E-state index contributed by atoms with van der Waals surface area (Å²) in [7, 11) is 0.430. The van der Waals surface area contributed by atoms with Gasteiger partial charge in [-0.25, -0.2) is 0 Å². The van der Waals surface area contributed by atoms with Gasteiger partial charge in [-0.1, -0.05) is 77.7 Å². The van der Waals surface area contributed by atoms with Crippen molar-refractivity contribution in [2.45, 2.75) is 109 Å². The summed E-state index contributed by atoms with van der Waals surface area (Å²) in [5.74, 6) is 0. The third-order valence-electron chi connectivity index (χ3n) is 4.59. The lowest BCUT2D eigenvalue weighted by molar-refractivity contribution is 0.829. The minimum Gasteiger partial charge on any atom is -0.0976 e. The molecular weight excluding hydrogens is 266 g/mol. The second-order valence-corrected chi connectivity index (χ2v) is 14.6. The van der Waals surface area contributed by atoms with E-state index in [2.05, 4.69) is 55.4 Å². The molecule has 0 aromatic rings. The first kappa shape index (κ1) is 17.9. The molecule has 0 aromatic heterocycles. The van der Waals surface area contributed by atoms with Crippen molar-refractivity contribution in [2.24, 2.45) is 0 Å². The van der Waals surface area contributed by atoms with Crippen LogP contribution in [0.4, 0.5) is 0 Å². The molecule has 1 aliphatic carbocycles. The smallest absolute Gasteiger partial charge is 0.0137 e. The highest BCUT2D eigenvalue weighted by Crippen LogP contribution is 2.65. The lowest BCUT2D eigenvalue weighted by Gasteiger charge is -2.41. The van der Waals surface area contributed by atoms with E-state index < -0.39 is 0 Å². The molecule has 0 nitrogen and oxygen atoms in total. The zero-order valence-electron chi connectivity index (χ0n) is 14.5. The summed E-state index contributed by atoms with van der Waals surface area (Å²) >= 11 is 0. The molecule has 2 heteroatoms. The van der Waals surface area contributed by atoms with Crippen LogP contribution in [0.5, 0.6) is 0 Å². The van der Waals surface area contributed by atoms with Crippen LogP contribution in [0.3, 0.4) is 0 Å². The van der Waals surface area contributed by atoms with E-state index in [1.165, 1.54) is 19.3 Å². The minimum absolute atomic E-state index is 0.215. The minimum atomic E-state index is 0.215. The molecule has 0 heterocycles. The first-order valence-electron chi connectivity index (χ1n) is 8.32. The van der Waals surface area contributed by atoms with Crippen LogP contribution in [0.1, 0.15) is 74.7 Å². The Morgan fingerprint density at radius 2 is 0.842 bits per heavy atom. The average molecular weight is 302 g/mol. The van der Waals surface area contributed by atoms with E-state index in [0.717, 1.165) is 34.0 Å². The van der Waals surface area contributed by atoms with Crippen molar-refractivity contribution in [3.05, 3.63) is 0 Å². The molecule has 0 aliphatic heterocycles. The zero-order valence-corrected chi connectivity index (χ0v) is 16.3. The van der Waals surface area contributed by atoms with Gasteiger partial charge in [-0.2, -0.15) is 0 Å². The van der Waals surface area contributed by atoms with Gasteiger partial charge in [0, 0.05) is 0 Å². The van der Waals surface area contributed by atoms with Crippen molar-refractivity contribution < 1.29 is 0 Å². The highest BCUT2D eigenvalue weighted by molar-refractivity contribution is 7.64. The third kappa shape index (κ3) is 4.41. The van der Waals surface area contributed by atoms with Gasteiger partial charge in [-0.05, 0) is 46.8 Å². The van der Waals surface area contributed by atoms with E-state index in [-0.39, 0.29) is 15.8 Å². The summed E-state index contributed by atoms with van der Waals surface area (Å²) < 4.78 is 0. The molecule has 114 valence electrons. The molecule has 2 unspecified atom stereocenters. The topological polar surface area (TPSA) is 0 Å². The van der Waals surface area contributed by atoms with E-state index in [9.17, 15) is 0 Å². The van der Waals surface area contributed by atoms with Gasteiger partial charge in [-0.15, -0.1) is 0 Å². The van der Waals surface area contributed by atoms with Gasteiger partial charge in [0.25, 0.3) is 0 Å². The summed E-state index contributed by atoms with van der Waals surface area (Å²) in [6.45, 7) is 19.8. The fraction of sp³-hybridized carbons (Fsp3) is 1.00. The molecule has 1 saturated carbocycles. The predicted octanol–water partition coefficient (Wildman–Crippen LogP) is 6.50. The molecule has 0 spiro atoms. The van der Waals surface area contributed by atoms with Gasteiger partial charge >= 0.3 is 0 Å². The van der Waals surface area contributed by atoms with Crippen LogP contribution >= 0.6 is 15.8 Å². The first-order chi connectivity index (χ1) is 8.77. The molecule has 1 rings (SSSR count). The Balaban J connectivity index is 2.93. The molecule has 0 saturated heterocycles. The summed E-state index contributed by atoms with van der Waals surface area (Å²) in [6.07, 6.45) is 4.57. The Morgan fingerprint density at radius 1 is 0.579 bits per heavy atom. The van der Waals surface area contributed by atoms with E-state index in [0.29, 0.717) is 0 Å². The lowest BCUT2D eigenvalue weighted by Crippen LogP contribution is -2.27. The van der Waals surface area contributed by atoms with Crippen LogP contribution in [0.25, 0.3) is 0 Å². The van der Waals surface area contributed by atoms with Crippen molar-refractivity contribution in [3.63, 3.8) is 0 Å². The number of hydrogen-bond acceptors (Lipinski definition) is 0. The molecule has 0 amide bonds. The number of rotatable bonds is 6. The normalized spacial score (nSPS) is 24.9. The van der Waals surface area contributed by atoms with Crippen LogP contribution in [0.15, 0.2) is 0 Å². The van der Waals surface area contributed by atoms with Gasteiger partial charge < -0.3 is 0 Å². The summed E-state index contributed by atoms with van der Waals surface area (Å²) in [5, 5.41) is 0. The van der Waals surface area contributed by atoms with Crippen molar-refractivity contribution in [1.82, 2.24) is 0 Å². The zero-order chi connectivity index (χ0) is 14.7. The van der Waals surface area contributed by atoms with E-state index in [1.54, 1.807) is 0 Å². The van der Waals surface area contributed by atoms with Gasteiger partial charge in [-0.3, -0.25) is 0 Å². The molecular formula is C17H36P2. The first-order valence-corrected chi connectivity index (χ1v) is 11.4. The highest BCUT2D eigenvalue weighted by atomic mass is 31.1. The molecule has 1 fully saturated rings. The van der Waals surface area contributed by atoms with Crippen molar-refractivity contribution in [3.8, 4) is 0 Å². The SMILES string of the molecule is CC(C)P(C(C)C)C1CCCC1P(C(C)C)C(C)C. The van der Waals surface area contributed by atoms with Gasteiger partial charge in [0.1, 0.15) is 0 Å². The summed E-state index contributed by atoms with van der Waals surface area (Å²) in [5.41, 5.74) is 5.80. The second kappa shape index (κ2) is 7.75. The maximum Gasteiger partial charge on any atom is -0.0137 e. The predicted molar refractivity (Wildman–Crippen MR) is 95.8 cm³/mol. The molecule has 0 radical (unpaired) electrons. The van der Waals surface area contributed by atoms with Gasteiger partial charge in [0.2, 0.25) is 0 Å². The van der Waals surface area contributed by atoms with Gasteiger partial charge in [0.15, 0.2) is 0 Å². The Kier molecular flexibility index (Phi) is 7.31. The molecule has 0 bridgehead atoms. The maximum atomic E-state index is 2.48.